The van der Waals surface area contributed by atoms with Crippen molar-refractivity contribution in [1.29, 1.82) is 0 Å². The molecule has 4 rings (SSSR count). The monoisotopic (exact) mass is 351 g/mol. The Morgan fingerprint density at radius 3 is 2.68 bits per heavy atom. The number of halogens is 1. The molecule has 2 heterocycles. The molecule has 0 spiro atoms. The fraction of sp³-hybridized carbons (Fsp3) is 0.0526. The minimum atomic E-state index is 0.492. The van der Waals surface area contributed by atoms with Gasteiger partial charge in [0.1, 0.15) is 6.26 Å². The largest absolute Gasteiger partial charge is 0.444 e. The summed E-state index contributed by atoms with van der Waals surface area (Å²) in [7, 11) is 0. The van der Waals surface area contributed by atoms with Gasteiger partial charge in [0.05, 0.1) is 27.3 Å². The summed E-state index contributed by atoms with van der Waals surface area (Å²) in [4.78, 5) is 4.51. The Morgan fingerprint density at radius 2 is 1.92 bits per heavy atom. The van der Waals surface area contributed by atoms with Crippen LogP contribution in [0.1, 0.15) is 12.5 Å². The van der Waals surface area contributed by atoms with Gasteiger partial charge in [-0.25, -0.2) is 4.98 Å². The molecular weight excluding hydrogens is 338 g/mol. The summed E-state index contributed by atoms with van der Waals surface area (Å²) in [6.07, 6.45) is 1.49. The highest BCUT2D eigenvalue weighted by atomic mass is 35.5. The molecule has 2 N–H and O–H groups in total. The number of para-hydroxylation sites is 1. The molecule has 0 saturated carbocycles. The molecule has 0 fully saturated rings. The third-order valence-electron chi connectivity index (χ3n) is 4.09. The first kappa shape index (κ1) is 15.5. The molecule has 0 aliphatic rings. The highest BCUT2D eigenvalue weighted by Gasteiger charge is 2.15. The summed E-state index contributed by atoms with van der Waals surface area (Å²) in [6.45, 7) is 1.74. The highest BCUT2D eigenvalue weighted by molar-refractivity contribution is 6.37. The average molecular weight is 352 g/mol. The smallest absolute Gasteiger partial charge is 0.230 e. The number of benzene rings is 2. The maximum atomic E-state index is 8.88. The van der Waals surface area contributed by atoms with Gasteiger partial charge in [-0.1, -0.05) is 47.1 Å². The molecule has 2 aromatic carbocycles. The number of fused-ring (bicyclic) bond motifs is 2. The van der Waals surface area contributed by atoms with Crippen molar-refractivity contribution >= 4 is 50.7 Å². The first-order valence-corrected chi connectivity index (χ1v) is 8.06. The van der Waals surface area contributed by atoms with E-state index in [1.54, 1.807) is 6.92 Å². The number of hydrogen-bond donors (Lipinski definition) is 2. The summed E-state index contributed by atoms with van der Waals surface area (Å²) in [5.41, 5.74) is 4.44. The molecule has 0 atom stereocenters. The minimum Gasteiger partial charge on any atom is -0.444 e. The number of nitrogens with zero attached hydrogens (tertiary/aromatic N) is 2. The lowest BCUT2D eigenvalue weighted by molar-refractivity contribution is 0.319. The Hall–Kier alpha value is -3.05. The lowest BCUT2D eigenvalue weighted by atomic mass is 10.1. The van der Waals surface area contributed by atoms with Crippen LogP contribution in [0.25, 0.3) is 22.0 Å². The van der Waals surface area contributed by atoms with Crippen LogP contribution in [0.2, 0.25) is 5.02 Å². The van der Waals surface area contributed by atoms with Gasteiger partial charge in [-0.3, -0.25) is 0 Å². The van der Waals surface area contributed by atoms with Crippen molar-refractivity contribution < 1.29 is 9.62 Å². The van der Waals surface area contributed by atoms with Gasteiger partial charge in [0.2, 0.25) is 5.71 Å². The van der Waals surface area contributed by atoms with Crippen LogP contribution in [0, 0.1) is 0 Å². The first-order valence-electron chi connectivity index (χ1n) is 7.69. The van der Waals surface area contributed by atoms with Gasteiger partial charge in [0.15, 0.2) is 0 Å². The molecule has 6 heteroatoms. The molecular formula is C19H14ClN3O2. The number of furan rings is 1. The Balaban J connectivity index is 1.86. The van der Waals surface area contributed by atoms with E-state index in [1.807, 2.05) is 48.5 Å². The normalized spacial score (nSPS) is 12.0. The zero-order chi connectivity index (χ0) is 17.4. The molecule has 124 valence electrons. The van der Waals surface area contributed by atoms with E-state index >= 15 is 0 Å². The SMILES string of the molecule is C/C(=N\O)c1ccc(Nc2c3ccccc3nc3occ(Cl)c23)cc1. The van der Waals surface area contributed by atoms with Crippen LogP contribution < -0.4 is 5.32 Å². The summed E-state index contributed by atoms with van der Waals surface area (Å²) >= 11 is 6.31. The predicted molar refractivity (Wildman–Crippen MR) is 100 cm³/mol. The van der Waals surface area contributed by atoms with Gasteiger partial charge < -0.3 is 14.9 Å². The van der Waals surface area contributed by atoms with Crippen LogP contribution in [-0.2, 0) is 0 Å². The Bertz CT molecular complexity index is 1100. The standard InChI is InChI=1S/C19H14ClN3O2/c1-11(23-24)12-6-8-13(9-7-12)21-18-14-4-2-3-5-16(14)22-19-17(18)15(20)10-25-19/h2-10,24H,1H3,(H,21,22)/b23-11+. The molecule has 0 aliphatic carbocycles. The molecule has 0 amide bonds. The van der Waals surface area contributed by atoms with Crippen LogP contribution >= 0.6 is 11.6 Å². The molecule has 2 aromatic heterocycles. The average Bonchev–Trinajstić information content (AvgIpc) is 3.02. The Morgan fingerprint density at radius 1 is 1.16 bits per heavy atom. The third kappa shape index (κ3) is 2.68. The summed E-state index contributed by atoms with van der Waals surface area (Å²) in [6, 6.07) is 15.4. The maximum Gasteiger partial charge on any atom is 0.230 e. The van der Waals surface area contributed by atoms with Crippen molar-refractivity contribution in [1.82, 2.24) is 4.98 Å². The van der Waals surface area contributed by atoms with Crippen LogP contribution in [-0.4, -0.2) is 15.9 Å². The molecule has 25 heavy (non-hydrogen) atoms. The molecule has 0 bridgehead atoms. The van der Waals surface area contributed by atoms with Crippen molar-refractivity contribution in [3.05, 3.63) is 65.4 Å². The van der Waals surface area contributed by atoms with Crippen molar-refractivity contribution in [2.24, 2.45) is 5.16 Å². The number of oxime groups is 1. The lowest BCUT2D eigenvalue weighted by Gasteiger charge is -2.11. The van der Waals surface area contributed by atoms with Gasteiger partial charge in [-0.15, -0.1) is 0 Å². The van der Waals surface area contributed by atoms with E-state index in [9.17, 15) is 0 Å². The second kappa shape index (κ2) is 6.11. The van der Waals surface area contributed by atoms with Crippen LogP contribution in [0.3, 0.4) is 0 Å². The molecule has 0 unspecified atom stereocenters. The van der Waals surface area contributed by atoms with E-state index in [0.717, 1.165) is 33.2 Å². The van der Waals surface area contributed by atoms with Crippen LogP contribution in [0.15, 0.2) is 64.4 Å². The first-order chi connectivity index (χ1) is 12.2. The molecule has 0 saturated heterocycles. The number of anilines is 2. The quantitative estimate of drug-likeness (QED) is 0.287. The Kier molecular flexibility index (Phi) is 3.78. The fourth-order valence-electron chi connectivity index (χ4n) is 2.79. The van der Waals surface area contributed by atoms with E-state index in [0.29, 0.717) is 16.4 Å². The zero-order valence-electron chi connectivity index (χ0n) is 13.3. The molecule has 0 aliphatic heterocycles. The molecule has 4 aromatic rings. The third-order valence-corrected chi connectivity index (χ3v) is 4.37. The predicted octanol–water partition coefficient (Wildman–Crippen LogP) is 5.58. The second-order valence-electron chi connectivity index (χ2n) is 5.66. The van der Waals surface area contributed by atoms with Crippen molar-refractivity contribution in [3.63, 3.8) is 0 Å². The van der Waals surface area contributed by atoms with Crippen molar-refractivity contribution in [2.45, 2.75) is 6.92 Å². The number of hydrogen-bond acceptors (Lipinski definition) is 5. The fourth-order valence-corrected chi connectivity index (χ4v) is 3.01. The van der Waals surface area contributed by atoms with E-state index in [2.05, 4.69) is 15.5 Å². The van der Waals surface area contributed by atoms with E-state index in [-0.39, 0.29) is 0 Å². The van der Waals surface area contributed by atoms with Crippen molar-refractivity contribution in [3.8, 4) is 0 Å². The number of nitrogens with one attached hydrogen (secondary N) is 1. The van der Waals surface area contributed by atoms with Crippen molar-refractivity contribution in [2.75, 3.05) is 5.32 Å². The second-order valence-corrected chi connectivity index (χ2v) is 6.06. The number of rotatable bonds is 3. The summed E-state index contributed by atoms with van der Waals surface area (Å²) in [5.74, 6) is 0. The molecule has 0 radical (unpaired) electrons. The zero-order valence-corrected chi connectivity index (χ0v) is 14.1. The Labute approximate surface area is 148 Å². The lowest BCUT2D eigenvalue weighted by Crippen LogP contribution is -1.97. The van der Waals surface area contributed by atoms with Gasteiger partial charge in [-0.05, 0) is 30.7 Å². The van der Waals surface area contributed by atoms with E-state index < -0.39 is 0 Å². The van der Waals surface area contributed by atoms with E-state index in [1.165, 1.54) is 6.26 Å². The summed E-state index contributed by atoms with van der Waals surface area (Å²) < 4.78 is 5.47. The number of pyridine rings is 1. The van der Waals surface area contributed by atoms with Gasteiger partial charge in [-0.2, -0.15) is 0 Å². The molecule has 5 nitrogen and oxygen atoms in total. The van der Waals surface area contributed by atoms with Gasteiger partial charge in [0, 0.05) is 11.1 Å². The topological polar surface area (TPSA) is 70.7 Å². The highest BCUT2D eigenvalue weighted by Crippen LogP contribution is 2.38. The van der Waals surface area contributed by atoms with Crippen LogP contribution in [0.5, 0.6) is 0 Å². The number of aromatic nitrogens is 1. The van der Waals surface area contributed by atoms with Crippen LogP contribution in [0.4, 0.5) is 11.4 Å². The maximum absolute atomic E-state index is 8.88. The van der Waals surface area contributed by atoms with Gasteiger partial charge >= 0.3 is 0 Å². The van der Waals surface area contributed by atoms with Gasteiger partial charge in [0.25, 0.3) is 0 Å². The van der Waals surface area contributed by atoms with E-state index in [4.69, 9.17) is 21.2 Å². The summed E-state index contributed by atoms with van der Waals surface area (Å²) in [5, 5.41) is 17.7. The minimum absolute atomic E-state index is 0.492.